The lowest BCUT2D eigenvalue weighted by atomic mass is 10.1. The van der Waals surface area contributed by atoms with Crippen molar-refractivity contribution in [2.24, 2.45) is 0 Å². The molecular formula is C14H16ClNO5. The highest BCUT2D eigenvalue weighted by molar-refractivity contribution is 6.30. The third-order valence-corrected chi connectivity index (χ3v) is 3.35. The van der Waals surface area contributed by atoms with Gasteiger partial charge in [0, 0.05) is 24.3 Å². The first kappa shape index (κ1) is 15.6. The van der Waals surface area contributed by atoms with Gasteiger partial charge in [0.05, 0.1) is 0 Å². The van der Waals surface area contributed by atoms with Crippen molar-refractivity contribution >= 4 is 23.5 Å². The lowest BCUT2D eigenvalue weighted by Gasteiger charge is -2.23. The predicted molar refractivity (Wildman–Crippen MR) is 75.9 cm³/mol. The molecule has 1 saturated heterocycles. The number of carboxylic acid groups (broad SMARTS) is 1. The molecule has 1 aliphatic rings. The van der Waals surface area contributed by atoms with E-state index in [0.29, 0.717) is 18.2 Å². The Kier molecular flexibility index (Phi) is 5.41. The van der Waals surface area contributed by atoms with Crippen molar-refractivity contribution in [3.63, 3.8) is 0 Å². The van der Waals surface area contributed by atoms with Crippen molar-refractivity contribution in [1.82, 2.24) is 5.32 Å². The molecule has 1 aromatic carbocycles. The molecule has 1 aromatic rings. The van der Waals surface area contributed by atoms with Crippen molar-refractivity contribution in [3.8, 4) is 5.75 Å². The summed E-state index contributed by atoms with van der Waals surface area (Å²) >= 11 is 5.81. The first-order chi connectivity index (χ1) is 10.1. The molecule has 1 aliphatic heterocycles. The van der Waals surface area contributed by atoms with Gasteiger partial charge >= 0.3 is 5.97 Å². The number of benzene rings is 1. The third-order valence-electron chi connectivity index (χ3n) is 3.12. The van der Waals surface area contributed by atoms with E-state index in [1.165, 1.54) is 18.2 Å². The molecule has 1 amide bonds. The molecule has 21 heavy (non-hydrogen) atoms. The van der Waals surface area contributed by atoms with E-state index < -0.39 is 5.97 Å². The summed E-state index contributed by atoms with van der Waals surface area (Å²) in [6, 6.07) is 4.26. The predicted octanol–water partition coefficient (Wildman–Crippen LogP) is 1.71. The van der Waals surface area contributed by atoms with E-state index in [1.54, 1.807) is 0 Å². The van der Waals surface area contributed by atoms with Crippen LogP contribution in [0.25, 0.3) is 0 Å². The maximum absolute atomic E-state index is 11.8. The highest BCUT2D eigenvalue weighted by Gasteiger charge is 2.17. The number of hydrogen-bond acceptors (Lipinski definition) is 4. The molecule has 6 nitrogen and oxygen atoms in total. The van der Waals surface area contributed by atoms with Crippen LogP contribution in [0.15, 0.2) is 18.2 Å². The van der Waals surface area contributed by atoms with E-state index in [9.17, 15) is 9.59 Å². The maximum atomic E-state index is 11.8. The topological polar surface area (TPSA) is 84.9 Å². The summed E-state index contributed by atoms with van der Waals surface area (Å²) < 4.78 is 10.5. The fourth-order valence-electron chi connectivity index (χ4n) is 2.05. The fraction of sp³-hybridized carbons (Fsp3) is 0.429. The first-order valence-electron chi connectivity index (χ1n) is 6.59. The number of halogens is 1. The molecule has 7 heteroatoms. The molecule has 0 radical (unpaired) electrons. The highest BCUT2D eigenvalue weighted by atomic mass is 35.5. The summed E-state index contributed by atoms with van der Waals surface area (Å²) in [5.74, 6) is -1.35. The van der Waals surface area contributed by atoms with Gasteiger partial charge < -0.3 is 19.9 Å². The van der Waals surface area contributed by atoms with Gasteiger partial charge in [0.15, 0.2) is 6.61 Å². The van der Waals surface area contributed by atoms with Crippen molar-refractivity contribution in [1.29, 1.82) is 0 Å². The van der Waals surface area contributed by atoms with E-state index in [0.717, 1.165) is 12.8 Å². The molecule has 0 aromatic heterocycles. The summed E-state index contributed by atoms with van der Waals surface area (Å²) in [4.78, 5) is 22.9. The quantitative estimate of drug-likeness (QED) is 0.864. The van der Waals surface area contributed by atoms with Gasteiger partial charge in [-0.3, -0.25) is 4.79 Å². The van der Waals surface area contributed by atoms with E-state index >= 15 is 0 Å². The average Bonchev–Trinajstić information content (AvgIpc) is 2.46. The van der Waals surface area contributed by atoms with Gasteiger partial charge in [-0.2, -0.15) is 0 Å². The standard InChI is InChI=1S/C14H16ClNO5/c15-9-1-2-11(14(18)19)12(7-9)21-8-13(17)16-10-3-5-20-6-4-10/h1-2,7,10H,3-6,8H2,(H,16,17)(H,18,19). The zero-order chi connectivity index (χ0) is 15.2. The molecule has 2 N–H and O–H groups in total. The first-order valence-corrected chi connectivity index (χ1v) is 6.97. The van der Waals surface area contributed by atoms with Gasteiger partial charge in [0.25, 0.3) is 5.91 Å². The summed E-state index contributed by atoms with van der Waals surface area (Å²) in [6.45, 7) is 1.00. The Bertz CT molecular complexity index is 528. The number of ether oxygens (including phenoxy) is 2. The maximum Gasteiger partial charge on any atom is 0.339 e. The van der Waals surface area contributed by atoms with Crippen molar-refractivity contribution < 1.29 is 24.2 Å². The lowest BCUT2D eigenvalue weighted by Crippen LogP contribution is -2.41. The van der Waals surface area contributed by atoms with Crippen LogP contribution in [0, 0.1) is 0 Å². The van der Waals surface area contributed by atoms with Crippen LogP contribution in [0.1, 0.15) is 23.2 Å². The van der Waals surface area contributed by atoms with Crippen LogP contribution < -0.4 is 10.1 Å². The third kappa shape index (κ3) is 4.61. The Morgan fingerprint density at radius 2 is 2.10 bits per heavy atom. The second-order valence-corrected chi connectivity index (χ2v) is 5.12. The minimum absolute atomic E-state index is 0.0294. The number of hydrogen-bond donors (Lipinski definition) is 2. The van der Waals surface area contributed by atoms with Crippen LogP contribution >= 0.6 is 11.6 Å². The van der Waals surface area contributed by atoms with Crippen molar-refractivity contribution in [2.45, 2.75) is 18.9 Å². The number of nitrogens with one attached hydrogen (secondary N) is 1. The van der Waals surface area contributed by atoms with Gasteiger partial charge in [0.1, 0.15) is 11.3 Å². The van der Waals surface area contributed by atoms with Gasteiger partial charge in [-0.25, -0.2) is 4.79 Å². The number of amides is 1. The molecule has 2 rings (SSSR count). The number of rotatable bonds is 5. The number of aromatic carboxylic acids is 1. The van der Waals surface area contributed by atoms with Gasteiger partial charge in [-0.15, -0.1) is 0 Å². The van der Waals surface area contributed by atoms with Gasteiger partial charge in [0.2, 0.25) is 0 Å². The largest absolute Gasteiger partial charge is 0.483 e. The lowest BCUT2D eigenvalue weighted by molar-refractivity contribution is -0.124. The average molecular weight is 314 g/mol. The molecule has 114 valence electrons. The Hall–Kier alpha value is -1.79. The fourth-order valence-corrected chi connectivity index (χ4v) is 2.21. The monoisotopic (exact) mass is 313 g/mol. The van der Waals surface area contributed by atoms with Crippen molar-refractivity contribution in [3.05, 3.63) is 28.8 Å². The van der Waals surface area contributed by atoms with Crippen molar-refractivity contribution in [2.75, 3.05) is 19.8 Å². The Morgan fingerprint density at radius 3 is 2.76 bits per heavy atom. The zero-order valence-electron chi connectivity index (χ0n) is 11.3. The van der Waals surface area contributed by atoms with E-state index in [-0.39, 0.29) is 29.9 Å². The van der Waals surface area contributed by atoms with Crippen LogP contribution in [0.2, 0.25) is 5.02 Å². The Labute approximate surface area is 127 Å². The van der Waals surface area contributed by atoms with Crippen LogP contribution in [-0.4, -0.2) is 42.8 Å². The molecule has 0 unspecified atom stereocenters. The summed E-state index contributed by atoms with van der Waals surface area (Å²) in [5, 5.41) is 12.2. The number of carbonyl (C=O) groups excluding carboxylic acids is 1. The molecular weight excluding hydrogens is 298 g/mol. The molecule has 0 atom stereocenters. The normalized spacial score (nSPS) is 15.5. The molecule has 0 bridgehead atoms. The molecule has 1 heterocycles. The molecule has 1 fully saturated rings. The second kappa shape index (κ2) is 7.28. The smallest absolute Gasteiger partial charge is 0.339 e. The number of carboxylic acids is 1. The van der Waals surface area contributed by atoms with E-state index in [1.807, 2.05) is 0 Å². The summed E-state index contributed by atoms with van der Waals surface area (Å²) in [6.07, 6.45) is 1.53. The van der Waals surface area contributed by atoms with Gasteiger partial charge in [-0.05, 0) is 31.0 Å². The molecule has 0 saturated carbocycles. The van der Waals surface area contributed by atoms with Gasteiger partial charge in [-0.1, -0.05) is 11.6 Å². The van der Waals surface area contributed by atoms with Crippen LogP contribution in [0.3, 0.4) is 0 Å². The summed E-state index contributed by atoms with van der Waals surface area (Å²) in [5.41, 5.74) is -0.0294. The number of carbonyl (C=O) groups is 2. The second-order valence-electron chi connectivity index (χ2n) is 4.69. The molecule has 0 spiro atoms. The summed E-state index contributed by atoms with van der Waals surface area (Å²) in [7, 11) is 0. The minimum Gasteiger partial charge on any atom is -0.483 e. The highest BCUT2D eigenvalue weighted by Crippen LogP contribution is 2.23. The Morgan fingerprint density at radius 1 is 1.38 bits per heavy atom. The van der Waals surface area contributed by atoms with Crippen LogP contribution in [-0.2, 0) is 9.53 Å². The van der Waals surface area contributed by atoms with E-state index in [4.69, 9.17) is 26.2 Å². The zero-order valence-corrected chi connectivity index (χ0v) is 12.1. The SMILES string of the molecule is O=C(COc1cc(Cl)ccc1C(=O)O)NC1CCOCC1. The molecule has 0 aliphatic carbocycles. The van der Waals surface area contributed by atoms with Crippen LogP contribution in [0.5, 0.6) is 5.75 Å². The van der Waals surface area contributed by atoms with Crippen LogP contribution in [0.4, 0.5) is 0 Å². The minimum atomic E-state index is -1.13. The Balaban J connectivity index is 1.91. The van der Waals surface area contributed by atoms with E-state index in [2.05, 4.69) is 5.32 Å².